The first kappa shape index (κ1) is 16.2. The van der Waals surface area contributed by atoms with E-state index in [2.05, 4.69) is 27.1 Å². The number of hydrogen-bond donors (Lipinski definition) is 1. The minimum Gasteiger partial charge on any atom is -0.379 e. The number of anilines is 1. The molecule has 0 saturated carbocycles. The Labute approximate surface area is 147 Å². The highest BCUT2D eigenvalue weighted by molar-refractivity contribution is 7.19. The summed E-state index contributed by atoms with van der Waals surface area (Å²) in [4.78, 5) is 14.2. The standard InChI is InChI=1S/C18H26N4OS/c1-13-3-4-15-14(11-13)16-17(20-12-21-18(16)24-15)19-5-2-6-22-7-9-23-10-8-22/h12-13H,2-11H2,1H3,(H,19,20,21)/t13-/m1/s1. The first-order valence-corrected chi connectivity index (χ1v) is 9.92. The molecule has 6 heteroatoms. The molecule has 0 aromatic carbocycles. The zero-order chi connectivity index (χ0) is 16.4. The highest BCUT2D eigenvalue weighted by Gasteiger charge is 2.23. The van der Waals surface area contributed by atoms with Gasteiger partial charge in [-0.15, -0.1) is 11.3 Å². The summed E-state index contributed by atoms with van der Waals surface area (Å²) >= 11 is 1.86. The van der Waals surface area contributed by atoms with Crippen molar-refractivity contribution in [3.05, 3.63) is 16.8 Å². The highest BCUT2D eigenvalue weighted by Crippen LogP contribution is 2.39. The molecule has 0 unspecified atom stereocenters. The zero-order valence-corrected chi connectivity index (χ0v) is 15.2. The molecule has 1 N–H and O–H groups in total. The molecule has 3 heterocycles. The average Bonchev–Trinajstić information content (AvgIpc) is 2.98. The van der Waals surface area contributed by atoms with Crippen molar-refractivity contribution in [2.75, 3.05) is 44.7 Å². The number of aromatic nitrogens is 2. The fourth-order valence-corrected chi connectivity index (χ4v) is 4.93. The summed E-state index contributed by atoms with van der Waals surface area (Å²) in [6, 6.07) is 0. The van der Waals surface area contributed by atoms with Crippen LogP contribution in [0.5, 0.6) is 0 Å². The smallest absolute Gasteiger partial charge is 0.138 e. The second-order valence-electron chi connectivity index (χ2n) is 6.99. The van der Waals surface area contributed by atoms with Crippen molar-refractivity contribution in [2.24, 2.45) is 5.92 Å². The molecule has 1 saturated heterocycles. The Bertz CT molecular complexity index is 696. The van der Waals surface area contributed by atoms with Gasteiger partial charge < -0.3 is 10.1 Å². The first-order valence-electron chi connectivity index (χ1n) is 9.10. The zero-order valence-electron chi connectivity index (χ0n) is 14.4. The van der Waals surface area contributed by atoms with Gasteiger partial charge in [-0.05, 0) is 43.7 Å². The molecule has 1 atom stereocenters. The van der Waals surface area contributed by atoms with Crippen molar-refractivity contribution in [2.45, 2.75) is 32.6 Å². The molecule has 1 aliphatic heterocycles. The van der Waals surface area contributed by atoms with Crippen LogP contribution >= 0.6 is 11.3 Å². The predicted octanol–water partition coefficient (Wildman–Crippen LogP) is 2.95. The third-order valence-electron chi connectivity index (χ3n) is 5.13. The number of nitrogens with one attached hydrogen (secondary N) is 1. The van der Waals surface area contributed by atoms with Gasteiger partial charge in [-0.25, -0.2) is 9.97 Å². The normalized spacial score (nSPS) is 21.8. The monoisotopic (exact) mass is 346 g/mol. The van der Waals surface area contributed by atoms with E-state index < -0.39 is 0 Å². The summed E-state index contributed by atoms with van der Waals surface area (Å²) in [5.74, 6) is 1.80. The molecule has 5 nitrogen and oxygen atoms in total. The van der Waals surface area contributed by atoms with Gasteiger partial charge in [-0.2, -0.15) is 0 Å². The molecule has 0 radical (unpaired) electrons. The molecule has 0 bridgehead atoms. The second kappa shape index (κ2) is 7.33. The van der Waals surface area contributed by atoms with E-state index in [9.17, 15) is 0 Å². The fourth-order valence-electron chi connectivity index (χ4n) is 3.75. The van der Waals surface area contributed by atoms with Gasteiger partial charge in [0.1, 0.15) is 17.0 Å². The Balaban J connectivity index is 1.43. The van der Waals surface area contributed by atoms with E-state index in [4.69, 9.17) is 4.74 Å². The van der Waals surface area contributed by atoms with Crippen LogP contribution in [-0.4, -0.2) is 54.3 Å². The van der Waals surface area contributed by atoms with Crippen LogP contribution in [0.4, 0.5) is 5.82 Å². The number of fused-ring (bicyclic) bond motifs is 3. The van der Waals surface area contributed by atoms with Gasteiger partial charge in [-0.3, -0.25) is 4.90 Å². The van der Waals surface area contributed by atoms with E-state index in [0.717, 1.165) is 62.4 Å². The Morgan fingerprint density at radius 1 is 1.33 bits per heavy atom. The van der Waals surface area contributed by atoms with Crippen LogP contribution in [0.3, 0.4) is 0 Å². The molecule has 1 aliphatic carbocycles. The van der Waals surface area contributed by atoms with Crippen molar-refractivity contribution in [3.63, 3.8) is 0 Å². The summed E-state index contributed by atoms with van der Waals surface area (Å²) in [6.07, 6.45) is 6.51. The van der Waals surface area contributed by atoms with E-state index in [1.807, 2.05) is 11.3 Å². The Morgan fingerprint density at radius 2 is 2.21 bits per heavy atom. The summed E-state index contributed by atoms with van der Waals surface area (Å²) in [6.45, 7) is 8.32. The van der Waals surface area contributed by atoms with E-state index in [0.29, 0.717) is 0 Å². The molecule has 4 rings (SSSR count). The number of aryl methyl sites for hydroxylation is 1. The van der Waals surface area contributed by atoms with Crippen LogP contribution in [0.25, 0.3) is 10.2 Å². The minimum atomic E-state index is 0.768. The molecular weight excluding hydrogens is 320 g/mol. The number of hydrogen-bond acceptors (Lipinski definition) is 6. The van der Waals surface area contributed by atoms with E-state index in [1.54, 1.807) is 6.33 Å². The van der Waals surface area contributed by atoms with Gasteiger partial charge in [0.25, 0.3) is 0 Å². The molecule has 130 valence electrons. The molecule has 2 aromatic heterocycles. The van der Waals surface area contributed by atoms with Crippen molar-refractivity contribution in [1.82, 2.24) is 14.9 Å². The highest BCUT2D eigenvalue weighted by atomic mass is 32.1. The molecular formula is C18H26N4OS. The minimum absolute atomic E-state index is 0.768. The Hall–Kier alpha value is -1.24. The average molecular weight is 347 g/mol. The van der Waals surface area contributed by atoms with Crippen molar-refractivity contribution in [1.29, 1.82) is 0 Å². The third-order valence-corrected chi connectivity index (χ3v) is 6.33. The van der Waals surface area contributed by atoms with Gasteiger partial charge in [0.05, 0.1) is 18.6 Å². The van der Waals surface area contributed by atoms with Gasteiger partial charge >= 0.3 is 0 Å². The van der Waals surface area contributed by atoms with E-state index in [-0.39, 0.29) is 0 Å². The number of morpholine rings is 1. The van der Waals surface area contributed by atoms with Crippen LogP contribution < -0.4 is 5.32 Å². The summed E-state index contributed by atoms with van der Waals surface area (Å²) < 4.78 is 5.40. The molecule has 0 amide bonds. The number of nitrogens with zero attached hydrogens (tertiary/aromatic N) is 3. The number of ether oxygens (including phenoxy) is 1. The summed E-state index contributed by atoms with van der Waals surface area (Å²) in [5.41, 5.74) is 1.50. The van der Waals surface area contributed by atoms with Gasteiger partial charge in [-0.1, -0.05) is 6.92 Å². The summed E-state index contributed by atoms with van der Waals surface area (Å²) in [5, 5.41) is 4.86. The Kier molecular flexibility index (Phi) is 4.96. The van der Waals surface area contributed by atoms with Crippen LogP contribution in [0.15, 0.2) is 6.33 Å². The van der Waals surface area contributed by atoms with E-state index in [1.165, 1.54) is 35.1 Å². The third kappa shape index (κ3) is 3.41. The van der Waals surface area contributed by atoms with E-state index >= 15 is 0 Å². The van der Waals surface area contributed by atoms with Crippen molar-refractivity contribution >= 4 is 27.4 Å². The lowest BCUT2D eigenvalue weighted by atomic mass is 9.88. The second-order valence-corrected chi connectivity index (χ2v) is 8.07. The maximum absolute atomic E-state index is 5.40. The van der Waals surface area contributed by atoms with Crippen molar-refractivity contribution < 1.29 is 4.74 Å². The molecule has 2 aliphatic rings. The van der Waals surface area contributed by atoms with Gasteiger partial charge in [0.2, 0.25) is 0 Å². The quantitative estimate of drug-likeness (QED) is 0.844. The van der Waals surface area contributed by atoms with Crippen LogP contribution in [0.1, 0.15) is 30.2 Å². The van der Waals surface area contributed by atoms with Crippen LogP contribution in [0.2, 0.25) is 0 Å². The number of thiophene rings is 1. The molecule has 0 spiro atoms. The van der Waals surface area contributed by atoms with Crippen LogP contribution in [-0.2, 0) is 17.6 Å². The van der Waals surface area contributed by atoms with Gasteiger partial charge in [0.15, 0.2) is 0 Å². The largest absolute Gasteiger partial charge is 0.379 e. The van der Waals surface area contributed by atoms with Crippen LogP contribution in [0, 0.1) is 5.92 Å². The SMILES string of the molecule is C[C@@H]1CCc2sc3ncnc(NCCCN4CCOCC4)c3c2C1. The number of rotatable bonds is 5. The fraction of sp³-hybridized carbons (Fsp3) is 0.667. The lowest BCUT2D eigenvalue weighted by Crippen LogP contribution is -2.37. The topological polar surface area (TPSA) is 50.3 Å². The maximum atomic E-state index is 5.40. The predicted molar refractivity (Wildman–Crippen MR) is 99.0 cm³/mol. The van der Waals surface area contributed by atoms with Crippen molar-refractivity contribution in [3.8, 4) is 0 Å². The lowest BCUT2D eigenvalue weighted by molar-refractivity contribution is 0.0378. The maximum Gasteiger partial charge on any atom is 0.138 e. The summed E-state index contributed by atoms with van der Waals surface area (Å²) in [7, 11) is 0. The molecule has 2 aromatic rings. The molecule has 1 fully saturated rings. The lowest BCUT2D eigenvalue weighted by Gasteiger charge is -2.26. The Morgan fingerprint density at radius 3 is 3.08 bits per heavy atom. The molecule has 24 heavy (non-hydrogen) atoms. The first-order chi connectivity index (χ1) is 11.8. The van der Waals surface area contributed by atoms with Gasteiger partial charge in [0, 0.05) is 24.5 Å².